The van der Waals surface area contributed by atoms with Crippen LogP contribution in [-0.2, 0) is 9.47 Å². The fourth-order valence-electron chi connectivity index (χ4n) is 1.56. The molecule has 0 atom stereocenters. The summed E-state index contributed by atoms with van der Waals surface area (Å²) in [4.78, 5) is 11.0. The SMILES string of the molecule is COCCOCCCOc1c(Br)cc(C(=O)O)cc1OC. The molecule has 1 aromatic carbocycles. The highest BCUT2D eigenvalue weighted by Gasteiger charge is 2.14. The van der Waals surface area contributed by atoms with E-state index in [9.17, 15) is 4.79 Å². The number of rotatable bonds is 10. The minimum Gasteiger partial charge on any atom is -0.493 e. The van der Waals surface area contributed by atoms with Gasteiger partial charge in [-0.2, -0.15) is 0 Å². The molecule has 0 amide bonds. The topological polar surface area (TPSA) is 74.2 Å². The zero-order valence-corrected chi connectivity index (χ0v) is 13.6. The number of methoxy groups -OCH3 is 2. The Balaban J connectivity index is 2.52. The van der Waals surface area contributed by atoms with Crippen LogP contribution in [-0.4, -0.2) is 51.7 Å². The molecule has 0 saturated heterocycles. The minimum absolute atomic E-state index is 0.133. The van der Waals surface area contributed by atoms with E-state index < -0.39 is 5.97 Å². The van der Waals surface area contributed by atoms with Crippen molar-refractivity contribution in [2.24, 2.45) is 0 Å². The van der Waals surface area contributed by atoms with Gasteiger partial charge in [0.1, 0.15) is 0 Å². The Bertz CT molecular complexity index is 463. The standard InChI is InChI=1S/C14H19BrO6/c1-18-6-7-20-4-3-5-21-13-11(15)8-10(14(16)17)9-12(13)19-2/h8-9H,3-7H2,1-2H3,(H,16,17). The highest BCUT2D eigenvalue weighted by Crippen LogP contribution is 2.36. The summed E-state index contributed by atoms with van der Waals surface area (Å²) in [5.74, 6) is -0.159. The Morgan fingerprint density at radius 2 is 1.95 bits per heavy atom. The molecule has 0 fully saturated rings. The lowest BCUT2D eigenvalue weighted by Crippen LogP contribution is -2.08. The Kier molecular flexibility index (Phi) is 8.11. The van der Waals surface area contributed by atoms with E-state index in [2.05, 4.69) is 15.9 Å². The van der Waals surface area contributed by atoms with Gasteiger partial charge in [0.15, 0.2) is 11.5 Å². The first-order chi connectivity index (χ1) is 10.1. The number of aromatic carboxylic acids is 1. The molecule has 118 valence electrons. The number of carboxylic acids is 1. The Labute approximate surface area is 132 Å². The van der Waals surface area contributed by atoms with E-state index in [1.54, 1.807) is 7.11 Å². The van der Waals surface area contributed by atoms with Crippen LogP contribution in [0.2, 0.25) is 0 Å². The van der Waals surface area contributed by atoms with E-state index in [0.717, 1.165) is 0 Å². The lowest BCUT2D eigenvalue weighted by Gasteiger charge is -2.13. The molecule has 1 N–H and O–H groups in total. The fourth-order valence-corrected chi connectivity index (χ4v) is 2.12. The van der Waals surface area contributed by atoms with E-state index >= 15 is 0 Å². The Morgan fingerprint density at radius 1 is 1.19 bits per heavy atom. The Morgan fingerprint density at radius 3 is 2.57 bits per heavy atom. The minimum atomic E-state index is -1.02. The van der Waals surface area contributed by atoms with E-state index in [-0.39, 0.29) is 5.56 Å². The van der Waals surface area contributed by atoms with Gasteiger partial charge in [0.2, 0.25) is 0 Å². The van der Waals surface area contributed by atoms with Crippen molar-refractivity contribution in [3.8, 4) is 11.5 Å². The van der Waals surface area contributed by atoms with E-state index in [4.69, 9.17) is 24.1 Å². The summed E-state index contributed by atoms with van der Waals surface area (Å²) in [6.45, 7) is 2.12. The van der Waals surface area contributed by atoms with Crippen molar-refractivity contribution in [3.05, 3.63) is 22.2 Å². The summed E-state index contributed by atoms with van der Waals surface area (Å²) in [6.07, 6.45) is 0.708. The largest absolute Gasteiger partial charge is 0.493 e. The molecular formula is C14H19BrO6. The molecule has 0 spiro atoms. The van der Waals surface area contributed by atoms with Crippen LogP contribution >= 0.6 is 15.9 Å². The van der Waals surface area contributed by atoms with Gasteiger partial charge in [0.05, 0.1) is 37.0 Å². The van der Waals surface area contributed by atoms with E-state index in [0.29, 0.717) is 48.8 Å². The maximum atomic E-state index is 11.0. The second kappa shape index (κ2) is 9.59. The van der Waals surface area contributed by atoms with Gasteiger partial charge in [-0.3, -0.25) is 0 Å². The smallest absolute Gasteiger partial charge is 0.335 e. The molecule has 1 aromatic rings. The second-order valence-corrected chi connectivity index (χ2v) is 4.96. The summed E-state index contributed by atoms with van der Waals surface area (Å²) in [7, 11) is 3.09. The third kappa shape index (κ3) is 5.91. The summed E-state index contributed by atoms with van der Waals surface area (Å²) >= 11 is 3.29. The van der Waals surface area contributed by atoms with Gasteiger partial charge in [0, 0.05) is 20.1 Å². The maximum Gasteiger partial charge on any atom is 0.335 e. The zero-order chi connectivity index (χ0) is 15.7. The zero-order valence-electron chi connectivity index (χ0n) is 12.1. The van der Waals surface area contributed by atoms with Crippen molar-refractivity contribution in [2.75, 3.05) is 40.6 Å². The predicted molar refractivity (Wildman–Crippen MR) is 80.5 cm³/mol. The molecule has 0 heterocycles. The molecule has 0 saturated carbocycles. The summed E-state index contributed by atoms with van der Waals surface area (Å²) in [5, 5.41) is 8.99. The lowest BCUT2D eigenvalue weighted by molar-refractivity contribution is 0.0642. The number of hydrogen-bond acceptors (Lipinski definition) is 5. The maximum absolute atomic E-state index is 11.0. The van der Waals surface area contributed by atoms with Crippen LogP contribution in [0.1, 0.15) is 16.8 Å². The number of ether oxygens (including phenoxy) is 4. The lowest BCUT2D eigenvalue weighted by atomic mass is 10.2. The molecular weight excluding hydrogens is 344 g/mol. The molecule has 0 aliphatic carbocycles. The van der Waals surface area contributed by atoms with Crippen molar-refractivity contribution in [3.63, 3.8) is 0 Å². The third-order valence-electron chi connectivity index (χ3n) is 2.59. The molecule has 0 aliphatic rings. The Hall–Kier alpha value is -1.31. The van der Waals surface area contributed by atoms with Crippen LogP contribution in [0.15, 0.2) is 16.6 Å². The molecule has 6 nitrogen and oxygen atoms in total. The summed E-state index contributed by atoms with van der Waals surface area (Å²) in [6, 6.07) is 2.91. The first-order valence-electron chi connectivity index (χ1n) is 6.40. The van der Waals surface area contributed by atoms with Gasteiger partial charge >= 0.3 is 5.97 Å². The molecule has 0 radical (unpaired) electrons. The van der Waals surface area contributed by atoms with Gasteiger partial charge in [0.25, 0.3) is 0 Å². The highest BCUT2D eigenvalue weighted by molar-refractivity contribution is 9.10. The molecule has 0 aliphatic heterocycles. The molecule has 0 unspecified atom stereocenters. The molecule has 7 heteroatoms. The van der Waals surface area contributed by atoms with Crippen molar-refractivity contribution >= 4 is 21.9 Å². The summed E-state index contributed by atoms with van der Waals surface area (Å²) < 4.78 is 21.5. The predicted octanol–water partition coefficient (Wildman–Crippen LogP) is 2.59. The van der Waals surface area contributed by atoms with Gasteiger partial charge < -0.3 is 24.1 Å². The molecule has 0 aromatic heterocycles. The van der Waals surface area contributed by atoms with Gasteiger partial charge in [-0.1, -0.05) is 0 Å². The van der Waals surface area contributed by atoms with Crippen LogP contribution < -0.4 is 9.47 Å². The average Bonchev–Trinajstić information content (AvgIpc) is 2.46. The highest BCUT2D eigenvalue weighted by atomic mass is 79.9. The van der Waals surface area contributed by atoms with Gasteiger partial charge in [-0.15, -0.1) is 0 Å². The van der Waals surface area contributed by atoms with Crippen LogP contribution in [0, 0.1) is 0 Å². The van der Waals surface area contributed by atoms with Crippen molar-refractivity contribution in [1.29, 1.82) is 0 Å². The average molecular weight is 363 g/mol. The van der Waals surface area contributed by atoms with Crippen LogP contribution in [0.3, 0.4) is 0 Å². The number of carbonyl (C=O) groups is 1. The van der Waals surface area contributed by atoms with E-state index in [1.807, 2.05) is 0 Å². The quantitative estimate of drug-likeness (QED) is 0.644. The molecule has 0 bridgehead atoms. The van der Waals surface area contributed by atoms with Gasteiger partial charge in [-0.25, -0.2) is 4.79 Å². The van der Waals surface area contributed by atoms with Crippen LogP contribution in [0.25, 0.3) is 0 Å². The molecule has 21 heavy (non-hydrogen) atoms. The fraction of sp³-hybridized carbons (Fsp3) is 0.500. The summed E-state index contributed by atoms with van der Waals surface area (Å²) in [5.41, 5.74) is 0.133. The number of hydrogen-bond donors (Lipinski definition) is 1. The first kappa shape index (κ1) is 17.7. The first-order valence-corrected chi connectivity index (χ1v) is 7.19. The monoisotopic (exact) mass is 362 g/mol. The van der Waals surface area contributed by atoms with Crippen LogP contribution in [0.5, 0.6) is 11.5 Å². The number of halogens is 1. The van der Waals surface area contributed by atoms with Crippen molar-refractivity contribution in [1.82, 2.24) is 0 Å². The third-order valence-corrected chi connectivity index (χ3v) is 3.18. The van der Waals surface area contributed by atoms with E-state index in [1.165, 1.54) is 19.2 Å². The number of benzene rings is 1. The number of carboxylic acid groups (broad SMARTS) is 1. The van der Waals surface area contributed by atoms with Crippen LogP contribution in [0.4, 0.5) is 0 Å². The van der Waals surface area contributed by atoms with Crippen molar-refractivity contribution < 1.29 is 28.8 Å². The van der Waals surface area contributed by atoms with Gasteiger partial charge in [-0.05, 0) is 28.1 Å². The normalized spacial score (nSPS) is 10.4. The van der Waals surface area contributed by atoms with Crippen molar-refractivity contribution in [2.45, 2.75) is 6.42 Å². The second-order valence-electron chi connectivity index (χ2n) is 4.10. The molecule has 1 rings (SSSR count).